The third-order valence-corrected chi connectivity index (χ3v) is 4.17. The molecule has 1 aliphatic carbocycles. The SMILES string of the molecule is O=C(O)CCNC(=O)N1CCOC2(CCCCCC2)C1. The van der Waals surface area contributed by atoms with E-state index in [1.165, 1.54) is 12.8 Å². The second-order valence-corrected chi connectivity index (χ2v) is 5.74. The van der Waals surface area contributed by atoms with Gasteiger partial charge >= 0.3 is 12.0 Å². The molecule has 0 aromatic heterocycles. The van der Waals surface area contributed by atoms with Crippen LogP contribution >= 0.6 is 0 Å². The summed E-state index contributed by atoms with van der Waals surface area (Å²) in [5.74, 6) is -0.896. The molecule has 0 radical (unpaired) electrons. The van der Waals surface area contributed by atoms with E-state index in [9.17, 15) is 9.59 Å². The molecule has 1 heterocycles. The van der Waals surface area contributed by atoms with Crippen LogP contribution in [0.2, 0.25) is 0 Å². The van der Waals surface area contributed by atoms with Crippen LogP contribution in [0.5, 0.6) is 0 Å². The molecule has 0 bridgehead atoms. The second kappa shape index (κ2) is 6.92. The number of hydrogen-bond donors (Lipinski definition) is 2. The van der Waals surface area contributed by atoms with E-state index in [0.29, 0.717) is 19.7 Å². The minimum Gasteiger partial charge on any atom is -0.481 e. The van der Waals surface area contributed by atoms with Crippen LogP contribution in [-0.2, 0) is 9.53 Å². The maximum atomic E-state index is 12.1. The van der Waals surface area contributed by atoms with Crippen molar-refractivity contribution in [1.82, 2.24) is 10.2 Å². The van der Waals surface area contributed by atoms with E-state index in [0.717, 1.165) is 25.7 Å². The molecule has 0 atom stereocenters. The molecule has 1 saturated heterocycles. The van der Waals surface area contributed by atoms with Gasteiger partial charge in [0.2, 0.25) is 0 Å². The summed E-state index contributed by atoms with van der Waals surface area (Å²) < 4.78 is 5.99. The van der Waals surface area contributed by atoms with Crippen LogP contribution in [0.25, 0.3) is 0 Å². The Bertz CT molecular complexity index is 351. The predicted octanol–water partition coefficient (Wildman–Crippen LogP) is 1.60. The summed E-state index contributed by atoms with van der Waals surface area (Å²) in [7, 11) is 0. The lowest BCUT2D eigenvalue weighted by Gasteiger charge is -2.42. The number of carboxylic acids is 1. The monoisotopic (exact) mass is 284 g/mol. The van der Waals surface area contributed by atoms with Gasteiger partial charge in [0, 0.05) is 13.1 Å². The first kappa shape index (κ1) is 15.1. The molecule has 1 aliphatic heterocycles. The minimum absolute atomic E-state index is 0.0405. The number of morpholine rings is 1. The normalized spacial score (nSPS) is 22.3. The number of nitrogens with zero attached hydrogens (tertiary/aromatic N) is 1. The summed E-state index contributed by atoms with van der Waals surface area (Å²) in [4.78, 5) is 24.3. The van der Waals surface area contributed by atoms with Gasteiger partial charge in [-0.3, -0.25) is 4.79 Å². The molecular weight excluding hydrogens is 260 g/mol. The van der Waals surface area contributed by atoms with E-state index in [-0.39, 0.29) is 24.6 Å². The molecule has 6 nitrogen and oxygen atoms in total. The van der Waals surface area contributed by atoms with Gasteiger partial charge in [-0.1, -0.05) is 25.7 Å². The maximum Gasteiger partial charge on any atom is 0.317 e. The Balaban J connectivity index is 1.85. The highest BCUT2D eigenvalue weighted by Gasteiger charge is 2.38. The Kier molecular flexibility index (Phi) is 5.23. The molecule has 114 valence electrons. The number of ether oxygens (including phenoxy) is 1. The average molecular weight is 284 g/mol. The van der Waals surface area contributed by atoms with Gasteiger partial charge in [-0.05, 0) is 12.8 Å². The number of carbonyl (C=O) groups is 2. The molecule has 20 heavy (non-hydrogen) atoms. The first-order valence-corrected chi connectivity index (χ1v) is 7.50. The zero-order valence-corrected chi connectivity index (χ0v) is 11.9. The lowest BCUT2D eigenvalue weighted by molar-refractivity contribution is -0.136. The number of carboxylic acid groups (broad SMARTS) is 1. The number of rotatable bonds is 3. The molecule has 1 spiro atoms. The van der Waals surface area contributed by atoms with Crippen LogP contribution < -0.4 is 5.32 Å². The molecule has 0 aromatic carbocycles. The first-order chi connectivity index (χ1) is 9.61. The fourth-order valence-corrected chi connectivity index (χ4v) is 3.08. The lowest BCUT2D eigenvalue weighted by atomic mass is 9.92. The van der Waals surface area contributed by atoms with E-state index < -0.39 is 5.97 Å². The summed E-state index contributed by atoms with van der Waals surface area (Å²) >= 11 is 0. The highest BCUT2D eigenvalue weighted by molar-refractivity contribution is 5.75. The highest BCUT2D eigenvalue weighted by atomic mass is 16.5. The van der Waals surface area contributed by atoms with Crippen molar-refractivity contribution in [2.24, 2.45) is 0 Å². The largest absolute Gasteiger partial charge is 0.481 e. The molecule has 6 heteroatoms. The predicted molar refractivity (Wildman–Crippen MR) is 73.6 cm³/mol. The van der Waals surface area contributed by atoms with E-state index in [1.807, 2.05) is 0 Å². The van der Waals surface area contributed by atoms with E-state index in [2.05, 4.69) is 5.32 Å². The van der Waals surface area contributed by atoms with Crippen molar-refractivity contribution in [3.05, 3.63) is 0 Å². The number of aliphatic carboxylic acids is 1. The number of nitrogens with one attached hydrogen (secondary N) is 1. The molecule has 2 N–H and O–H groups in total. The van der Waals surface area contributed by atoms with Crippen LogP contribution in [0, 0.1) is 0 Å². The molecule has 2 fully saturated rings. The summed E-state index contributed by atoms with van der Waals surface area (Å²) in [6.07, 6.45) is 6.81. The van der Waals surface area contributed by atoms with Crippen molar-refractivity contribution in [1.29, 1.82) is 0 Å². The fourth-order valence-electron chi connectivity index (χ4n) is 3.08. The molecule has 2 rings (SSSR count). The molecule has 2 amide bonds. The zero-order chi connectivity index (χ0) is 14.4. The van der Waals surface area contributed by atoms with Crippen molar-refractivity contribution in [3.63, 3.8) is 0 Å². The summed E-state index contributed by atoms with van der Waals surface area (Å²) in [5, 5.41) is 11.3. The van der Waals surface area contributed by atoms with Gasteiger partial charge < -0.3 is 20.1 Å². The van der Waals surface area contributed by atoms with Crippen molar-refractivity contribution in [3.8, 4) is 0 Å². The van der Waals surface area contributed by atoms with Gasteiger partial charge in [-0.15, -0.1) is 0 Å². The Labute approximate surface area is 119 Å². The van der Waals surface area contributed by atoms with Gasteiger partial charge in [0.25, 0.3) is 0 Å². The summed E-state index contributed by atoms with van der Waals surface area (Å²) in [6.45, 7) is 1.97. The van der Waals surface area contributed by atoms with Crippen molar-refractivity contribution >= 4 is 12.0 Å². The molecular formula is C14H24N2O4. The molecule has 1 saturated carbocycles. The van der Waals surface area contributed by atoms with Gasteiger partial charge in [0.1, 0.15) is 0 Å². The van der Waals surface area contributed by atoms with Gasteiger partial charge in [-0.2, -0.15) is 0 Å². The molecule has 0 aromatic rings. The molecule has 2 aliphatic rings. The van der Waals surface area contributed by atoms with E-state index in [4.69, 9.17) is 9.84 Å². The Hall–Kier alpha value is -1.30. The zero-order valence-electron chi connectivity index (χ0n) is 11.9. The third-order valence-electron chi connectivity index (χ3n) is 4.17. The summed E-state index contributed by atoms with van der Waals surface area (Å²) in [5.41, 5.74) is -0.168. The van der Waals surface area contributed by atoms with E-state index in [1.54, 1.807) is 4.90 Å². The topological polar surface area (TPSA) is 78.9 Å². The average Bonchev–Trinajstić information content (AvgIpc) is 2.64. The number of amides is 2. The third kappa shape index (κ3) is 4.10. The van der Waals surface area contributed by atoms with Gasteiger partial charge in [0.15, 0.2) is 0 Å². The smallest absolute Gasteiger partial charge is 0.317 e. The van der Waals surface area contributed by atoms with Crippen molar-refractivity contribution in [2.75, 3.05) is 26.2 Å². The Morgan fingerprint density at radius 2 is 1.90 bits per heavy atom. The number of urea groups is 1. The van der Waals surface area contributed by atoms with Crippen LogP contribution in [0.4, 0.5) is 4.79 Å². The van der Waals surface area contributed by atoms with Crippen LogP contribution in [0.1, 0.15) is 44.9 Å². The van der Waals surface area contributed by atoms with Gasteiger partial charge in [0.05, 0.1) is 25.2 Å². The maximum absolute atomic E-state index is 12.1. The van der Waals surface area contributed by atoms with Crippen LogP contribution in [-0.4, -0.2) is 53.8 Å². The molecule has 0 unspecified atom stereocenters. The standard InChI is InChI=1S/C14H24N2O4/c17-12(18)5-8-15-13(19)16-9-10-20-14(11-16)6-3-1-2-4-7-14/h1-11H2,(H,15,19)(H,17,18). The van der Waals surface area contributed by atoms with Gasteiger partial charge in [-0.25, -0.2) is 4.79 Å². The Morgan fingerprint density at radius 3 is 2.55 bits per heavy atom. The second-order valence-electron chi connectivity index (χ2n) is 5.74. The number of hydrogen-bond acceptors (Lipinski definition) is 3. The lowest BCUT2D eigenvalue weighted by Crippen LogP contribution is -2.55. The minimum atomic E-state index is -0.896. The number of carbonyl (C=O) groups excluding carboxylic acids is 1. The Morgan fingerprint density at radius 1 is 1.20 bits per heavy atom. The van der Waals surface area contributed by atoms with Crippen LogP contribution in [0.15, 0.2) is 0 Å². The van der Waals surface area contributed by atoms with Crippen LogP contribution in [0.3, 0.4) is 0 Å². The fraction of sp³-hybridized carbons (Fsp3) is 0.857. The highest BCUT2D eigenvalue weighted by Crippen LogP contribution is 2.33. The van der Waals surface area contributed by atoms with E-state index >= 15 is 0 Å². The van der Waals surface area contributed by atoms with Crippen molar-refractivity contribution < 1.29 is 19.4 Å². The van der Waals surface area contributed by atoms with Crippen molar-refractivity contribution in [2.45, 2.75) is 50.5 Å². The quantitative estimate of drug-likeness (QED) is 0.825. The summed E-state index contributed by atoms with van der Waals surface area (Å²) in [6, 6.07) is -0.168. The first-order valence-electron chi connectivity index (χ1n) is 7.50.